The molecule has 2 aromatic rings. The molecule has 0 bridgehead atoms. The first-order valence-corrected chi connectivity index (χ1v) is 6.51. The molecule has 0 atom stereocenters. The predicted octanol–water partition coefficient (Wildman–Crippen LogP) is 3.08. The predicted molar refractivity (Wildman–Crippen MR) is 72.2 cm³/mol. The third kappa shape index (κ3) is 1.87. The van der Waals surface area contributed by atoms with Gasteiger partial charge in [-0.3, -0.25) is 4.90 Å². The van der Waals surface area contributed by atoms with E-state index in [0.29, 0.717) is 0 Å². The van der Waals surface area contributed by atoms with E-state index < -0.39 is 0 Å². The smallest absolute Gasteiger partial charge is 0.0483 e. The summed E-state index contributed by atoms with van der Waals surface area (Å²) in [5.74, 6) is 0. The number of likely N-dealkylation sites (tertiary alicyclic amines) is 1. The van der Waals surface area contributed by atoms with Crippen molar-refractivity contribution in [3.63, 3.8) is 0 Å². The lowest BCUT2D eigenvalue weighted by molar-refractivity contribution is 0.332. The number of hydrogen-bond acceptors (Lipinski definition) is 1. The Bertz CT molecular complexity index is 533. The van der Waals surface area contributed by atoms with Gasteiger partial charge in [0.1, 0.15) is 0 Å². The highest BCUT2D eigenvalue weighted by Gasteiger charge is 2.15. The molecule has 1 aromatic heterocycles. The van der Waals surface area contributed by atoms with E-state index in [0.717, 1.165) is 6.54 Å². The Balaban J connectivity index is 2.03. The number of hydrogen-bond donors (Lipinski definition) is 0. The van der Waals surface area contributed by atoms with Crippen molar-refractivity contribution in [2.24, 2.45) is 7.05 Å². The maximum Gasteiger partial charge on any atom is 0.0483 e. The van der Waals surface area contributed by atoms with Crippen LogP contribution in [0.25, 0.3) is 10.9 Å². The van der Waals surface area contributed by atoms with Gasteiger partial charge in [0.25, 0.3) is 0 Å². The second-order valence-electron chi connectivity index (χ2n) is 5.22. The summed E-state index contributed by atoms with van der Waals surface area (Å²) in [4.78, 5) is 2.57. The van der Waals surface area contributed by atoms with Crippen molar-refractivity contribution in [2.75, 3.05) is 13.1 Å². The third-order valence-electron chi connectivity index (χ3n) is 3.89. The molecular weight excluding hydrogens is 208 g/mol. The van der Waals surface area contributed by atoms with Gasteiger partial charge in [-0.2, -0.15) is 0 Å². The zero-order valence-electron chi connectivity index (χ0n) is 10.7. The van der Waals surface area contributed by atoms with Gasteiger partial charge < -0.3 is 4.57 Å². The lowest BCUT2D eigenvalue weighted by Gasteiger charge is -2.14. The molecule has 0 saturated carbocycles. The minimum absolute atomic E-state index is 1.11. The lowest BCUT2D eigenvalue weighted by Crippen LogP contribution is -2.18. The van der Waals surface area contributed by atoms with Crippen molar-refractivity contribution < 1.29 is 0 Å². The lowest BCUT2D eigenvalue weighted by atomic mass is 10.1. The Labute approximate surface area is 103 Å². The topological polar surface area (TPSA) is 8.17 Å². The van der Waals surface area contributed by atoms with Crippen LogP contribution >= 0.6 is 0 Å². The molecular formula is C15H20N2. The molecule has 2 heterocycles. The Morgan fingerprint density at radius 1 is 1.18 bits per heavy atom. The number of benzene rings is 1. The zero-order chi connectivity index (χ0) is 11.8. The zero-order valence-corrected chi connectivity index (χ0v) is 10.7. The number of aryl methyl sites for hydroxylation is 2. The van der Waals surface area contributed by atoms with Gasteiger partial charge in [-0.25, -0.2) is 0 Å². The Hall–Kier alpha value is -1.28. The molecule has 0 aliphatic carbocycles. The fourth-order valence-corrected chi connectivity index (χ4v) is 3.03. The summed E-state index contributed by atoms with van der Waals surface area (Å²) in [6.45, 7) is 5.86. The summed E-state index contributed by atoms with van der Waals surface area (Å²) >= 11 is 0. The van der Waals surface area contributed by atoms with E-state index in [4.69, 9.17) is 0 Å². The van der Waals surface area contributed by atoms with Crippen molar-refractivity contribution in [3.05, 3.63) is 35.5 Å². The van der Waals surface area contributed by atoms with E-state index in [-0.39, 0.29) is 0 Å². The van der Waals surface area contributed by atoms with Crippen molar-refractivity contribution >= 4 is 10.9 Å². The second-order valence-corrected chi connectivity index (χ2v) is 5.22. The maximum atomic E-state index is 2.57. The SMILES string of the molecule is Cc1cccc2c1c(CN1CCCC1)cn2C. The molecule has 0 radical (unpaired) electrons. The van der Waals surface area contributed by atoms with E-state index in [1.807, 2.05) is 0 Å². The van der Waals surface area contributed by atoms with Crippen LogP contribution in [0.1, 0.15) is 24.0 Å². The maximum absolute atomic E-state index is 2.57. The number of nitrogens with zero attached hydrogens (tertiary/aromatic N) is 2. The minimum Gasteiger partial charge on any atom is -0.350 e. The normalized spacial score (nSPS) is 17.1. The highest BCUT2D eigenvalue weighted by molar-refractivity contribution is 5.87. The Morgan fingerprint density at radius 3 is 2.71 bits per heavy atom. The van der Waals surface area contributed by atoms with Gasteiger partial charge in [0.15, 0.2) is 0 Å². The van der Waals surface area contributed by atoms with Crippen molar-refractivity contribution in [3.8, 4) is 0 Å². The first-order chi connectivity index (χ1) is 8.25. The Morgan fingerprint density at radius 2 is 1.94 bits per heavy atom. The van der Waals surface area contributed by atoms with Crippen LogP contribution < -0.4 is 0 Å². The van der Waals surface area contributed by atoms with Gasteiger partial charge in [-0.05, 0) is 50.0 Å². The highest BCUT2D eigenvalue weighted by Crippen LogP contribution is 2.26. The minimum atomic E-state index is 1.11. The third-order valence-corrected chi connectivity index (χ3v) is 3.89. The molecule has 1 saturated heterocycles. The van der Waals surface area contributed by atoms with Crippen LogP contribution in [0, 0.1) is 6.92 Å². The van der Waals surface area contributed by atoms with Gasteiger partial charge >= 0.3 is 0 Å². The largest absolute Gasteiger partial charge is 0.350 e. The van der Waals surface area contributed by atoms with Crippen molar-refractivity contribution in [2.45, 2.75) is 26.3 Å². The fourth-order valence-electron chi connectivity index (χ4n) is 3.03. The first-order valence-electron chi connectivity index (χ1n) is 6.51. The summed E-state index contributed by atoms with van der Waals surface area (Å²) < 4.78 is 2.26. The molecule has 0 N–H and O–H groups in total. The molecule has 2 heteroatoms. The summed E-state index contributed by atoms with van der Waals surface area (Å²) in [5, 5.41) is 1.46. The number of fused-ring (bicyclic) bond motifs is 1. The molecule has 0 spiro atoms. The van der Waals surface area contributed by atoms with E-state index in [1.165, 1.54) is 48.0 Å². The molecule has 17 heavy (non-hydrogen) atoms. The number of rotatable bonds is 2. The van der Waals surface area contributed by atoms with Crippen molar-refractivity contribution in [1.29, 1.82) is 0 Å². The average molecular weight is 228 g/mol. The molecule has 1 aliphatic heterocycles. The average Bonchev–Trinajstić information content (AvgIpc) is 2.90. The van der Waals surface area contributed by atoms with Gasteiger partial charge in [-0.1, -0.05) is 12.1 Å². The molecule has 0 amide bonds. The van der Waals surface area contributed by atoms with Gasteiger partial charge in [-0.15, -0.1) is 0 Å². The van der Waals surface area contributed by atoms with Crippen molar-refractivity contribution in [1.82, 2.24) is 9.47 Å². The van der Waals surface area contributed by atoms with Gasteiger partial charge in [0.05, 0.1) is 0 Å². The van der Waals surface area contributed by atoms with E-state index in [9.17, 15) is 0 Å². The van der Waals surface area contributed by atoms with Crippen LogP contribution in [0.4, 0.5) is 0 Å². The van der Waals surface area contributed by atoms with Crippen LogP contribution in [-0.2, 0) is 13.6 Å². The van der Waals surface area contributed by atoms with E-state index in [1.54, 1.807) is 0 Å². The Kier molecular flexibility index (Phi) is 2.67. The monoisotopic (exact) mass is 228 g/mol. The first kappa shape index (κ1) is 10.8. The van der Waals surface area contributed by atoms with E-state index in [2.05, 4.69) is 47.8 Å². The standard InChI is InChI=1S/C15H20N2/c1-12-6-5-7-14-15(12)13(10-16(14)2)11-17-8-3-4-9-17/h5-7,10H,3-4,8-9,11H2,1-2H3. The van der Waals surface area contributed by atoms with Crippen LogP contribution in [0.2, 0.25) is 0 Å². The van der Waals surface area contributed by atoms with Gasteiger partial charge in [0, 0.05) is 30.7 Å². The molecule has 3 rings (SSSR count). The summed E-state index contributed by atoms with van der Waals surface area (Å²) in [6, 6.07) is 6.59. The molecule has 90 valence electrons. The fraction of sp³-hybridized carbons (Fsp3) is 0.467. The van der Waals surface area contributed by atoms with Gasteiger partial charge in [0.2, 0.25) is 0 Å². The van der Waals surface area contributed by atoms with Crippen LogP contribution in [0.15, 0.2) is 24.4 Å². The molecule has 2 nitrogen and oxygen atoms in total. The number of aromatic nitrogens is 1. The molecule has 1 aromatic carbocycles. The highest BCUT2D eigenvalue weighted by atomic mass is 15.1. The molecule has 0 unspecified atom stereocenters. The summed E-state index contributed by atoms with van der Waals surface area (Å²) in [5.41, 5.74) is 4.25. The molecule has 1 fully saturated rings. The summed E-state index contributed by atoms with van der Waals surface area (Å²) in [7, 11) is 2.15. The van der Waals surface area contributed by atoms with E-state index >= 15 is 0 Å². The van der Waals surface area contributed by atoms with Crippen LogP contribution in [0.5, 0.6) is 0 Å². The quantitative estimate of drug-likeness (QED) is 0.767. The molecule has 1 aliphatic rings. The second kappa shape index (κ2) is 4.19. The van der Waals surface area contributed by atoms with Crippen LogP contribution in [0.3, 0.4) is 0 Å². The van der Waals surface area contributed by atoms with Crippen LogP contribution in [-0.4, -0.2) is 22.6 Å². The summed E-state index contributed by atoms with van der Waals surface area (Å²) in [6.07, 6.45) is 5.03.